The molecule has 2 atom stereocenters. The average Bonchev–Trinajstić information content (AvgIpc) is 2.75. The quantitative estimate of drug-likeness (QED) is 0.700. The van der Waals surface area contributed by atoms with E-state index < -0.39 is 0 Å². The molecule has 2 heterocycles. The molecule has 5 heteroatoms. The zero-order chi connectivity index (χ0) is 10.8. The number of cyclic esters (lactones) is 1. The first-order valence-corrected chi connectivity index (χ1v) is 5.53. The Balaban J connectivity index is 1.82. The average molecular weight is 213 g/mol. The fourth-order valence-corrected chi connectivity index (χ4v) is 2.33. The van der Waals surface area contributed by atoms with Gasteiger partial charge in [0.1, 0.15) is 6.10 Å². The van der Waals surface area contributed by atoms with Crippen molar-refractivity contribution in [2.45, 2.75) is 12.5 Å². The Labute approximate surface area is 90.1 Å². The van der Waals surface area contributed by atoms with Crippen molar-refractivity contribution in [1.82, 2.24) is 9.80 Å². The third-order valence-corrected chi connectivity index (χ3v) is 3.18. The van der Waals surface area contributed by atoms with E-state index in [1.165, 1.54) is 6.42 Å². The molecular formula is C10H19N3O2. The Bertz CT molecular complexity index is 247. The Morgan fingerprint density at radius 3 is 2.87 bits per heavy atom. The number of hydrogen-bond acceptors (Lipinski definition) is 4. The van der Waals surface area contributed by atoms with Gasteiger partial charge in [-0.2, -0.15) is 0 Å². The lowest BCUT2D eigenvalue weighted by atomic mass is 10.1. The van der Waals surface area contributed by atoms with Crippen LogP contribution in [0.4, 0.5) is 4.79 Å². The molecule has 1 amide bonds. The van der Waals surface area contributed by atoms with Crippen molar-refractivity contribution >= 4 is 6.09 Å². The number of nitrogens with zero attached hydrogens (tertiary/aromatic N) is 2. The summed E-state index contributed by atoms with van der Waals surface area (Å²) in [6.07, 6.45) is 0.879. The second-order valence-corrected chi connectivity index (χ2v) is 4.56. The van der Waals surface area contributed by atoms with Crippen LogP contribution in [0.3, 0.4) is 0 Å². The number of rotatable bonds is 3. The summed E-state index contributed by atoms with van der Waals surface area (Å²) in [5, 5.41) is 0. The Kier molecular flexibility index (Phi) is 3.11. The molecule has 1 unspecified atom stereocenters. The van der Waals surface area contributed by atoms with Gasteiger partial charge in [-0.25, -0.2) is 4.79 Å². The highest BCUT2D eigenvalue weighted by Gasteiger charge is 2.33. The molecule has 2 aliphatic rings. The van der Waals surface area contributed by atoms with Crippen molar-refractivity contribution in [2.24, 2.45) is 11.7 Å². The van der Waals surface area contributed by atoms with Crippen molar-refractivity contribution in [3.8, 4) is 0 Å². The summed E-state index contributed by atoms with van der Waals surface area (Å²) in [6, 6.07) is 0. The number of likely N-dealkylation sites (tertiary alicyclic amines) is 1. The maximum absolute atomic E-state index is 11.4. The lowest BCUT2D eigenvalue weighted by molar-refractivity contribution is 0.133. The van der Waals surface area contributed by atoms with Gasteiger partial charge in [0.25, 0.3) is 0 Å². The highest BCUT2D eigenvalue weighted by atomic mass is 16.6. The number of ether oxygens (including phenoxy) is 1. The monoisotopic (exact) mass is 213 g/mol. The molecule has 2 fully saturated rings. The van der Waals surface area contributed by atoms with Gasteiger partial charge < -0.3 is 20.3 Å². The summed E-state index contributed by atoms with van der Waals surface area (Å²) in [7, 11) is 2.12. The van der Waals surface area contributed by atoms with Gasteiger partial charge in [0, 0.05) is 19.6 Å². The van der Waals surface area contributed by atoms with Crippen molar-refractivity contribution in [3.63, 3.8) is 0 Å². The molecule has 0 saturated carbocycles. The summed E-state index contributed by atoms with van der Waals surface area (Å²) in [5.41, 5.74) is 5.48. The molecule has 5 nitrogen and oxygen atoms in total. The molecule has 0 bridgehead atoms. The SMILES string of the molecule is CN1CCC(CN2C[C@H](CN)OC2=O)C1. The standard InChI is InChI=1S/C10H19N3O2/c1-12-3-2-8(5-12)6-13-7-9(4-11)15-10(13)14/h8-9H,2-7,11H2,1H3/t8?,9-/m0/s1. The maximum Gasteiger partial charge on any atom is 0.410 e. The molecule has 0 aliphatic carbocycles. The van der Waals surface area contributed by atoms with Crippen LogP contribution in [-0.2, 0) is 4.74 Å². The van der Waals surface area contributed by atoms with Gasteiger partial charge in [-0.1, -0.05) is 0 Å². The normalized spacial score (nSPS) is 32.4. The van der Waals surface area contributed by atoms with E-state index in [2.05, 4.69) is 11.9 Å². The molecule has 0 aromatic carbocycles. The van der Waals surface area contributed by atoms with Crippen LogP contribution in [0.25, 0.3) is 0 Å². The number of carbonyl (C=O) groups excluding carboxylic acids is 1. The number of carbonyl (C=O) groups is 1. The van der Waals surface area contributed by atoms with Gasteiger partial charge in [-0.15, -0.1) is 0 Å². The van der Waals surface area contributed by atoms with Gasteiger partial charge in [-0.05, 0) is 25.9 Å². The van der Waals surface area contributed by atoms with E-state index in [1.54, 1.807) is 4.90 Å². The molecule has 86 valence electrons. The predicted molar refractivity (Wildman–Crippen MR) is 56.5 cm³/mol. The summed E-state index contributed by atoms with van der Waals surface area (Å²) in [5.74, 6) is 0.596. The van der Waals surface area contributed by atoms with E-state index in [1.807, 2.05) is 0 Å². The highest BCUT2D eigenvalue weighted by molar-refractivity contribution is 5.69. The first-order chi connectivity index (χ1) is 7.19. The van der Waals surface area contributed by atoms with Crippen LogP contribution < -0.4 is 5.73 Å². The summed E-state index contributed by atoms with van der Waals surface area (Å²) in [4.78, 5) is 15.5. The van der Waals surface area contributed by atoms with Crippen molar-refractivity contribution in [1.29, 1.82) is 0 Å². The van der Waals surface area contributed by atoms with E-state index in [4.69, 9.17) is 10.5 Å². The Morgan fingerprint density at radius 1 is 1.53 bits per heavy atom. The molecule has 0 aromatic rings. The van der Waals surface area contributed by atoms with Gasteiger partial charge >= 0.3 is 6.09 Å². The lowest BCUT2D eigenvalue weighted by Crippen LogP contribution is -2.33. The van der Waals surface area contributed by atoms with Crippen LogP contribution in [0.2, 0.25) is 0 Å². The summed E-state index contributed by atoms with van der Waals surface area (Å²) >= 11 is 0. The summed E-state index contributed by atoms with van der Waals surface area (Å²) < 4.78 is 5.11. The van der Waals surface area contributed by atoms with Crippen LogP contribution in [0, 0.1) is 5.92 Å². The Morgan fingerprint density at radius 2 is 2.33 bits per heavy atom. The second kappa shape index (κ2) is 4.37. The first-order valence-electron chi connectivity index (χ1n) is 5.53. The van der Waals surface area contributed by atoms with Crippen LogP contribution in [0.15, 0.2) is 0 Å². The molecule has 0 radical (unpaired) electrons. The van der Waals surface area contributed by atoms with Crippen molar-refractivity contribution in [2.75, 3.05) is 39.8 Å². The van der Waals surface area contributed by atoms with E-state index >= 15 is 0 Å². The van der Waals surface area contributed by atoms with Crippen molar-refractivity contribution in [3.05, 3.63) is 0 Å². The second-order valence-electron chi connectivity index (χ2n) is 4.56. The molecule has 0 spiro atoms. The zero-order valence-electron chi connectivity index (χ0n) is 9.19. The van der Waals surface area contributed by atoms with Gasteiger partial charge in [0.15, 0.2) is 0 Å². The highest BCUT2D eigenvalue weighted by Crippen LogP contribution is 2.19. The zero-order valence-corrected chi connectivity index (χ0v) is 9.19. The van der Waals surface area contributed by atoms with E-state index in [0.29, 0.717) is 19.0 Å². The van der Waals surface area contributed by atoms with Gasteiger partial charge in [0.05, 0.1) is 6.54 Å². The molecule has 2 aliphatic heterocycles. The topological polar surface area (TPSA) is 58.8 Å². The molecule has 15 heavy (non-hydrogen) atoms. The third kappa shape index (κ3) is 2.41. The predicted octanol–water partition coefficient (Wildman–Crippen LogP) is -0.282. The molecule has 2 rings (SSSR count). The minimum atomic E-state index is -0.194. The van der Waals surface area contributed by atoms with E-state index in [0.717, 1.165) is 19.6 Å². The molecule has 0 aromatic heterocycles. The lowest BCUT2D eigenvalue weighted by Gasteiger charge is -2.17. The van der Waals surface area contributed by atoms with Gasteiger partial charge in [0.2, 0.25) is 0 Å². The largest absolute Gasteiger partial charge is 0.443 e. The minimum Gasteiger partial charge on any atom is -0.443 e. The van der Waals surface area contributed by atoms with E-state index in [-0.39, 0.29) is 12.2 Å². The molecular weight excluding hydrogens is 194 g/mol. The van der Waals surface area contributed by atoms with E-state index in [9.17, 15) is 4.79 Å². The fourth-order valence-electron chi connectivity index (χ4n) is 2.33. The number of amides is 1. The third-order valence-electron chi connectivity index (χ3n) is 3.18. The number of nitrogens with two attached hydrogens (primary N) is 1. The Hall–Kier alpha value is -0.810. The van der Waals surface area contributed by atoms with Crippen LogP contribution >= 0.6 is 0 Å². The summed E-state index contributed by atoms with van der Waals surface area (Å²) in [6.45, 7) is 4.12. The molecule has 2 saturated heterocycles. The van der Waals surface area contributed by atoms with Crippen molar-refractivity contribution < 1.29 is 9.53 Å². The maximum atomic E-state index is 11.4. The molecule has 2 N–H and O–H groups in total. The first kappa shape index (κ1) is 10.7. The fraction of sp³-hybridized carbons (Fsp3) is 0.900. The minimum absolute atomic E-state index is 0.100. The number of hydrogen-bond donors (Lipinski definition) is 1. The van der Waals surface area contributed by atoms with Crippen LogP contribution in [-0.4, -0.2) is 61.8 Å². The van der Waals surface area contributed by atoms with Gasteiger partial charge in [-0.3, -0.25) is 0 Å². The van der Waals surface area contributed by atoms with Crippen LogP contribution in [0.5, 0.6) is 0 Å². The van der Waals surface area contributed by atoms with Crippen LogP contribution in [0.1, 0.15) is 6.42 Å². The smallest absolute Gasteiger partial charge is 0.410 e.